The quantitative estimate of drug-likeness (QED) is 0.119. The van der Waals surface area contributed by atoms with Crippen molar-refractivity contribution in [2.45, 2.75) is 65.2 Å². The number of ether oxygens (including phenoxy) is 3. The molecule has 1 aromatic heterocycles. The maximum atomic E-state index is 13.7. The van der Waals surface area contributed by atoms with Crippen LogP contribution >= 0.6 is 0 Å². The number of benzene rings is 3. The predicted octanol–water partition coefficient (Wildman–Crippen LogP) is 8.66. The molecule has 9 nitrogen and oxygen atoms in total. The zero-order valence-corrected chi connectivity index (χ0v) is 28.5. The van der Waals surface area contributed by atoms with E-state index in [1.165, 1.54) is 10.5 Å². The maximum Gasteiger partial charge on any atom is 0.410 e. The molecule has 1 amide bonds. The Morgan fingerprint density at radius 2 is 1.78 bits per heavy atom. The van der Waals surface area contributed by atoms with Crippen LogP contribution in [0.25, 0.3) is 22.0 Å². The van der Waals surface area contributed by atoms with Crippen molar-refractivity contribution < 1.29 is 33.3 Å². The van der Waals surface area contributed by atoms with Gasteiger partial charge < -0.3 is 24.2 Å². The highest BCUT2D eigenvalue weighted by Crippen LogP contribution is 2.37. The zero-order chi connectivity index (χ0) is 35.0. The minimum atomic E-state index is -1.70. The van der Waals surface area contributed by atoms with Crippen LogP contribution < -0.4 is 4.74 Å². The molecule has 3 aromatic carbocycles. The Labute approximate surface area is 286 Å². The normalized spacial score (nSPS) is 15.9. The molecule has 1 fully saturated rings. The fourth-order valence-corrected chi connectivity index (χ4v) is 5.89. The number of hydrogen-bond donors (Lipinski definition) is 1. The van der Waals surface area contributed by atoms with Crippen LogP contribution in [0.15, 0.2) is 90.9 Å². The second kappa shape index (κ2) is 16.0. The first-order valence-electron chi connectivity index (χ1n) is 16.7. The summed E-state index contributed by atoms with van der Waals surface area (Å²) in [6.45, 7) is 7.92. The van der Waals surface area contributed by atoms with Crippen molar-refractivity contribution in [2.75, 3.05) is 26.3 Å². The number of halogens is 1. The largest absolute Gasteiger partial charge is 0.492 e. The predicted molar refractivity (Wildman–Crippen MR) is 188 cm³/mol. The summed E-state index contributed by atoms with van der Waals surface area (Å²) in [4.78, 5) is 24.9. The van der Waals surface area contributed by atoms with Crippen molar-refractivity contribution in [1.29, 1.82) is 0 Å². The number of carbonyl (C=O) groups excluding carboxylic acids is 1. The summed E-state index contributed by atoms with van der Waals surface area (Å²) in [6.07, 6.45) is 5.96. The third-order valence-corrected chi connectivity index (χ3v) is 8.21. The van der Waals surface area contributed by atoms with E-state index in [2.05, 4.69) is 37.3 Å². The number of nitrogens with zero attached hydrogens (tertiary/aromatic N) is 3. The molecular formula is C39H44FN3O6. The van der Waals surface area contributed by atoms with Crippen molar-refractivity contribution in [3.8, 4) is 5.75 Å². The summed E-state index contributed by atoms with van der Waals surface area (Å²) in [5, 5.41) is 14.6. The highest BCUT2D eigenvalue weighted by atomic mass is 19.1. The molecule has 0 aliphatic carbocycles. The lowest BCUT2D eigenvalue weighted by Crippen LogP contribution is -2.39. The standard InChI is InChI=1S/C39H44FN3O6/c1-5-32(27-11-7-6-8-12-27)36(29-16-19-34-30(25-29)26-41-43(34)35-13-9-10-23-48-35)28-14-17-31(18-15-28)47-24-22-42(21-20-33(40)37(44)45)38(46)49-39(2,3)4/h6-8,11-12,14-20,25-26,35H,5,9-10,13,21-24H2,1-4H3,(H,44,45)/b33-20-,36-32+. The van der Waals surface area contributed by atoms with E-state index in [1.807, 2.05) is 53.3 Å². The van der Waals surface area contributed by atoms with Crippen molar-refractivity contribution in [3.05, 3.63) is 108 Å². The number of carboxylic acid groups (broad SMARTS) is 1. The van der Waals surface area contributed by atoms with Crippen molar-refractivity contribution in [2.24, 2.45) is 0 Å². The molecule has 1 N–H and O–H groups in total. The fourth-order valence-electron chi connectivity index (χ4n) is 5.89. The van der Waals surface area contributed by atoms with E-state index >= 15 is 0 Å². The first-order chi connectivity index (χ1) is 23.5. The summed E-state index contributed by atoms with van der Waals surface area (Å²) in [6, 6.07) is 24.6. The summed E-state index contributed by atoms with van der Waals surface area (Å²) in [5.74, 6) is -2.46. The lowest BCUT2D eigenvalue weighted by molar-refractivity contribution is -0.134. The molecule has 1 aliphatic heterocycles. The molecular weight excluding hydrogens is 625 g/mol. The van der Waals surface area contributed by atoms with Gasteiger partial charge in [0, 0.05) is 18.5 Å². The van der Waals surface area contributed by atoms with Gasteiger partial charge in [-0.15, -0.1) is 0 Å². The summed E-state index contributed by atoms with van der Waals surface area (Å²) < 4.78 is 33.1. The van der Waals surface area contributed by atoms with Gasteiger partial charge in [-0.25, -0.2) is 14.3 Å². The number of fused-ring (bicyclic) bond motifs is 1. The number of hydrogen-bond acceptors (Lipinski definition) is 6. The first-order valence-corrected chi connectivity index (χ1v) is 16.7. The SMILES string of the molecule is CC/C(=C(/c1ccc(OCCN(C/C=C(\F)C(=O)O)C(=O)OC(C)(C)C)cc1)c1ccc2c(cnn2C2CCCCO2)c1)c1ccccc1. The second-order valence-electron chi connectivity index (χ2n) is 12.9. The minimum absolute atomic E-state index is 0.0474. The van der Waals surface area contributed by atoms with Crippen LogP contribution in [0.2, 0.25) is 0 Å². The van der Waals surface area contributed by atoms with Gasteiger partial charge in [0.25, 0.3) is 0 Å². The maximum absolute atomic E-state index is 13.7. The lowest BCUT2D eigenvalue weighted by atomic mass is 9.88. The van der Waals surface area contributed by atoms with Crippen LogP contribution in [0.1, 0.15) is 76.3 Å². The number of aliphatic carboxylic acids is 1. The number of aromatic nitrogens is 2. The minimum Gasteiger partial charge on any atom is -0.492 e. The van der Waals surface area contributed by atoms with E-state index in [1.54, 1.807) is 20.8 Å². The molecule has 0 spiro atoms. The van der Waals surface area contributed by atoms with Gasteiger partial charge in [-0.05, 0) is 105 Å². The highest BCUT2D eigenvalue weighted by molar-refractivity contribution is 6.00. The number of amides is 1. The summed E-state index contributed by atoms with van der Waals surface area (Å²) in [5.41, 5.74) is 5.79. The molecule has 5 rings (SSSR count). The molecule has 1 saturated heterocycles. The third kappa shape index (κ3) is 9.14. The molecule has 1 unspecified atom stereocenters. The average molecular weight is 670 g/mol. The Kier molecular flexibility index (Phi) is 11.5. The molecule has 1 atom stereocenters. The smallest absolute Gasteiger partial charge is 0.410 e. The Morgan fingerprint density at radius 3 is 2.43 bits per heavy atom. The monoisotopic (exact) mass is 669 g/mol. The van der Waals surface area contributed by atoms with Crippen LogP contribution in [0.5, 0.6) is 5.75 Å². The second-order valence-corrected chi connectivity index (χ2v) is 12.9. The van der Waals surface area contributed by atoms with Crippen molar-refractivity contribution in [1.82, 2.24) is 14.7 Å². The van der Waals surface area contributed by atoms with E-state index in [9.17, 15) is 14.0 Å². The van der Waals surface area contributed by atoms with Crippen molar-refractivity contribution >= 4 is 34.1 Å². The van der Waals surface area contributed by atoms with Gasteiger partial charge in [0.1, 0.15) is 18.0 Å². The Bertz CT molecular complexity index is 1800. The lowest BCUT2D eigenvalue weighted by Gasteiger charge is -2.26. The molecule has 0 radical (unpaired) electrons. The molecule has 49 heavy (non-hydrogen) atoms. The molecule has 0 saturated carbocycles. The molecule has 4 aromatic rings. The third-order valence-electron chi connectivity index (χ3n) is 8.21. The molecule has 1 aliphatic rings. The number of rotatable bonds is 12. The van der Waals surface area contributed by atoms with Crippen molar-refractivity contribution in [3.63, 3.8) is 0 Å². The zero-order valence-electron chi connectivity index (χ0n) is 28.5. The highest BCUT2D eigenvalue weighted by Gasteiger charge is 2.23. The number of carboxylic acids is 1. The van der Waals surface area contributed by atoms with Gasteiger partial charge in [-0.2, -0.15) is 9.49 Å². The summed E-state index contributed by atoms with van der Waals surface area (Å²) in [7, 11) is 0. The Morgan fingerprint density at radius 1 is 1.04 bits per heavy atom. The van der Waals surface area contributed by atoms with Crippen LogP contribution in [0, 0.1) is 0 Å². The van der Waals surface area contributed by atoms with Gasteiger partial charge in [-0.1, -0.05) is 55.5 Å². The van der Waals surface area contributed by atoms with Gasteiger partial charge >= 0.3 is 12.1 Å². The number of allylic oxidation sites excluding steroid dienone is 1. The molecule has 0 bridgehead atoms. The first kappa shape index (κ1) is 35.3. The van der Waals surface area contributed by atoms with Crippen LogP contribution in [-0.2, 0) is 14.3 Å². The van der Waals surface area contributed by atoms with E-state index in [4.69, 9.17) is 24.4 Å². The van der Waals surface area contributed by atoms with Gasteiger partial charge in [0.2, 0.25) is 5.83 Å². The Hall–Kier alpha value is -4.96. The number of carbonyl (C=O) groups is 2. The summed E-state index contributed by atoms with van der Waals surface area (Å²) >= 11 is 0. The fraction of sp³-hybridized carbons (Fsp3) is 0.359. The molecule has 258 valence electrons. The van der Waals surface area contributed by atoms with E-state index in [0.29, 0.717) is 5.75 Å². The topological polar surface area (TPSA) is 103 Å². The van der Waals surface area contributed by atoms with E-state index in [0.717, 1.165) is 71.5 Å². The van der Waals surface area contributed by atoms with Gasteiger partial charge in [-0.3, -0.25) is 0 Å². The van der Waals surface area contributed by atoms with Crippen LogP contribution in [0.4, 0.5) is 9.18 Å². The molecule has 10 heteroatoms. The Balaban J connectivity index is 1.39. The van der Waals surface area contributed by atoms with E-state index in [-0.39, 0.29) is 25.9 Å². The van der Waals surface area contributed by atoms with Crippen LogP contribution in [0.3, 0.4) is 0 Å². The van der Waals surface area contributed by atoms with Crippen LogP contribution in [-0.4, -0.2) is 63.8 Å². The average Bonchev–Trinajstić information content (AvgIpc) is 3.52. The van der Waals surface area contributed by atoms with Gasteiger partial charge in [0.15, 0.2) is 6.23 Å². The van der Waals surface area contributed by atoms with E-state index < -0.39 is 23.5 Å². The molecule has 2 heterocycles. The van der Waals surface area contributed by atoms with Gasteiger partial charge in [0.05, 0.1) is 18.3 Å².